The molecule has 1 atom stereocenters. The Labute approximate surface area is 132 Å². The third-order valence-corrected chi connectivity index (χ3v) is 4.85. The van der Waals surface area contributed by atoms with Crippen molar-refractivity contribution in [3.8, 4) is 0 Å². The molecular weight excluding hydrogens is 279 g/mol. The quantitative estimate of drug-likeness (QED) is 0.862. The molecule has 1 aromatic heterocycles. The van der Waals surface area contributed by atoms with Gasteiger partial charge in [-0.05, 0) is 46.6 Å². The van der Waals surface area contributed by atoms with E-state index in [1.54, 1.807) is 0 Å². The van der Waals surface area contributed by atoms with Crippen LogP contribution in [0.25, 0.3) is 0 Å². The second kappa shape index (κ2) is 5.83. The maximum absolute atomic E-state index is 6.03. The lowest BCUT2D eigenvalue weighted by atomic mass is 9.80. The first-order valence-corrected chi connectivity index (χ1v) is 8.04. The predicted octanol–water partition coefficient (Wildman–Crippen LogP) is 1.97. The van der Waals surface area contributed by atoms with Crippen LogP contribution < -0.4 is 10.8 Å². The Morgan fingerprint density at radius 2 is 1.95 bits per heavy atom. The summed E-state index contributed by atoms with van der Waals surface area (Å²) in [4.78, 5) is 4.45. The molecule has 2 aliphatic heterocycles. The Morgan fingerprint density at radius 1 is 1.23 bits per heavy atom. The van der Waals surface area contributed by atoms with Gasteiger partial charge in [-0.3, -0.25) is 0 Å². The van der Waals surface area contributed by atoms with Crippen molar-refractivity contribution >= 4 is 18.4 Å². The van der Waals surface area contributed by atoms with Gasteiger partial charge in [-0.1, -0.05) is 6.07 Å². The molecule has 120 valence electrons. The van der Waals surface area contributed by atoms with Crippen LogP contribution in [0, 0.1) is 0 Å². The summed E-state index contributed by atoms with van der Waals surface area (Å²) < 4.78 is 17.7. The molecule has 1 aromatic rings. The second-order valence-electron chi connectivity index (χ2n) is 7.08. The maximum Gasteiger partial charge on any atom is 0.496 e. The van der Waals surface area contributed by atoms with Crippen LogP contribution >= 0.6 is 0 Å². The monoisotopic (exact) mass is 304 g/mol. The van der Waals surface area contributed by atoms with E-state index in [9.17, 15) is 0 Å². The minimum atomic E-state index is -0.357. The molecule has 0 aromatic carbocycles. The number of hydrogen-bond acceptors (Lipinski definition) is 5. The number of hydrogen-bond donors (Lipinski definition) is 1. The average molecular weight is 304 g/mol. The minimum Gasteiger partial charge on any atom is -0.399 e. The third-order valence-electron chi connectivity index (χ3n) is 4.85. The molecule has 6 heteroatoms. The molecular formula is C16H25BN2O3. The first kappa shape index (κ1) is 15.8. The molecule has 1 N–H and O–H groups in total. The first-order chi connectivity index (χ1) is 10.4. The molecule has 0 bridgehead atoms. The Morgan fingerprint density at radius 3 is 2.50 bits per heavy atom. The lowest BCUT2D eigenvalue weighted by Gasteiger charge is -2.32. The van der Waals surface area contributed by atoms with Crippen molar-refractivity contribution in [3.05, 3.63) is 18.3 Å². The van der Waals surface area contributed by atoms with Gasteiger partial charge in [0.15, 0.2) is 0 Å². The second-order valence-corrected chi connectivity index (χ2v) is 7.08. The third kappa shape index (κ3) is 3.14. The van der Waals surface area contributed by atoms with Gasteiger partial charge in [0.2, 0.25) is 0 Å². The minimum absolute atomic E-state index is 0.310. The molecule has 3 heterocycles. The predicted molar refractivity (Wildman–Crippen MR) is 87.4 cm³/mol. The Kier molecular flexibility index (Phi) is 4.18. The smallest absolute Gasteiger partial charge is 0.399 e. The number of pyridine rings is 1. The molecule has 0 amide bonds. The summed E-state index contributed by atoms with van der Waals surface area (Å²) in [5, 5.41) is 3.32. The van der Waals surface area contributed by atoms with Gasteiger partial charge in [0.1, 0.15) is 5.82 Å². The molecule has 2 fully saturated rings. The van der Waals surface area contributed by atoms with Crippen LogP contribution in [0.3, 0.4) is 0 Å². The SMILES string of the molecule is CC1(C)OB(c2ccc(NCC3CCCO3)nc2)OC1(C)C. The van der Waals surface area contributed by atoms with E-state index in [1.165, 1.54) is 0 Å². The number of nitrogens with one attached hydrogen (secondary N) is 1. The summed E-state index contributed by atoms with van der Waals surface area (Å²) in [6.45, 7) is 9.90. The van der Waals surface area contributed by atoms with Gasteiger partial charge in [-0.25, -0.2) is 4.98 Å². The highest BCUT2D eigenvalue weighted by Crippen LogP contribution is 2.36. The van der Waals surface area contributed by atoms with Gasteiger partial charge < -0.3 is 19.4 Å². The van der Waals surface area contributed by atoms with Gasteiger partial charge in [0.05, 0.1) is 17.3 Å². The molecule has 0 spiro atoms. The van der Waals surface area contributed by atoms with Crippen LogP contribution in [0.5, 0.6) is 0 Å². The summed E-state index contributed by atoms with van der Waals surface area (Å²) in [6.07, 6.45) is 4.41. The van der Waals surface area contributed by atoms with Gasteiger partial charge in [0.25, 0.3) is 0 Å². The maximum atomic E-state index is 6.03. The van der Waals surface area contributed by atoms with Crippen molar-refractivity contribution in [2.45, 2.75) is 57.8 Å². The van der Waals surface area contributed by atoms with E-state index in [4.69, 9.17) is 14.0 Å². The summed E-state index contributed by atoms with van der Waals surface area (Å²) in [5.41, 5.74) is 0.296. The van der Waals surface area contributed by atoms with Gasteiger partial charge >= 0.3 is 7.12 Å². The van der Waals surface area contributed by atoms with Crippen molar-refractivity contribution in [2.24, 2.45) is 0 Å². The van der Waals surface area contributed by atoms with E-state index < -0.39 is 0 Å². The topological polar surface area (TPSA) is 52.6 Å². The van der Waals surface area contributed by atoms with Crippen LogP contribution in [-0.2, 0) is 14.0 Å². The molecule has 3 rings (SSSR count). The highest BCUT2D eigenvalue weighted by molar-refractivity contribution is 6.62. The van der Waals surface area contributed by atoms with Gasteiger partial charge in [0, 0.05) is 24.8 Å². The fraction of sp³-hybridized carbons (Fsp3) is 0.688. The van der Waals surface area contributed by atoms with E-state index in [-0.39, 0.29) is 18.3 Å². The molecule has 5 nitrogen and oxygen atoms in total. The largest absolute Gasteiger partial charge is 0.496 e. The van der Waals surface area contributed by atoms with Crippen molar-refractivity contribution in [2.75, 3.05) is 18.5 Å². The van der Waals surface area contributed by atoms with Crippen LogP contribution in [0.1, 0.15) is 40.5 Å². The molecule has 22 heavy (non-hydrogen) atoms. The Hall–Kier alpha value is -1.11. The van der Waals surface area contributed by atoms with E-state index in [1.807, 2.05) is 18.3 Å². The lowest BCUT2D eigenvalue weighted by Crippen LogP contribution is -2.41. The number of aromatic nitrogens is 1. The number of rotatable bonds is 4. The number of anilines is 1. The zero-order chi connectivity index (χ0) is 15.8. The van der Waals surface area contributed by atoms with Crippen molar-refractivity contribution in [1.82, 2.24) is 4.98 Å². The lowest BCUT2D eigenvalue weighted by molar-refractivity contribution is 0.00578. The van der Waals surface area contributed by atoms with Gasteiger partial charge in [-0.2, -0.15) is 0 Å². The molecule has 0 saturated carbocycles. The molecule has 2 saturated heterocycles. The fourth-order valence-electron chi connectivity index (χ4n) is 2.65. The van der Waals surface area contributed by atoms with E-state index >= 15 is 0 Å². The molecule has 0 aliphatic carbocycles. The van der Waals surface area contributed by atoms with E-state index in [0.29, 0.717) is 6.10 Å². The standard InChI is InChI=1S/C16H25BN2O3/c1-15(2)16(3,4)22-17(21-15)12-7-8-14(18-10-12)19-11-13-6-5-9-20-13/h7-8,10,13H,5-6,9,11H2,1-4H3,(H,18,19). The first-order valence-electron chi connectivity index (χ1n) is 8.04. The summed E-state index contributed by atoms with van der Waals surface area (Å²) in [6, 6.07) is 3.97. The van der Waals surface area contributed by atoms with E-state index in [2.05, 4.69) is 38.0 Å². The van der Waals surface area contributed by atoms with Crippen LogP contribution in [0.2, 0.25) is 0 Å². The van der Waals surface area contributed by atoms with E-state index in [0.717, 1.165) is 37.3 Å². The highest BCUT2D eigenvalue weighted by atomic mass is 16.7. The van der Waals surface area contributed by atoms with Crippen molar-refractivity contribution in [1.29, 1.82) is 0 Å². The summed E-state index contributed by atoms with van der Waals surface area (Å²) in [5.74, 6) is 0.857. The summed E-state index contributed by atoms with van der Waals surface area (Å²) in [7, 11) is -0.357. The van der Waals surface area contributed by atoms with Gasteiger partial charge in [-0.15, -0.1) is 0 Å². The van der Waals surface area contributed by atoms with Crippen LogP contribution in [0.4, 0.5) is 5.82 Å². The van der Waals surface area contributed by atoms with Crippen molar-refractivity contribution in [3.63, 3.8) is 0 Å². The fourth-order valence-corrected chi connectivity index (χ4v) is 2.65. The summed E-state index contributed by atoms with van der Waals surface area (Å²) >= 11 is 0. The van der Waals surface area contributed by atoms with Crippen LogP contribution in [-0.4, -0.2) is 42.6 Å². The zero-order valence-corrected chi connectivity index (χ0v) is 13.9. The molecule has 1 unspecified atom stereocenters. The Balaban J connectivity index is 1.60. The van der Waals surface area contributed by atoms with Crippen LogP contribution in [0.15, 0.2) is 18.3 Å². The average Bonchev–Trinajstić information content (AvgIpc) is 3.04. The number of ether oxygens (including phenoxy) is 1. The molecule has 2 aliphatic rings. The zero-order valence-electron chi connectivity index (χ0n) is 13.9. The molecule has 0 radical (unpaired) electrons. The van der Waals surface area contributed by atoms with Crippen molar-refractivity contribution < 1.29 is 14.0 Å². The normalized spacial score (nSPS) is 26.4. The number of nitrogens with zero attached hydrogens (tertiary/aromatic N) is 1. The Bertz CT molecular complexity index is 497. The highest BCUT2D eigenvalue weighted by Gasteiger charge is 2.51.